The lowest BCUT2D eigenvalue weighted by molar-refractivity contribution is 0.463. The molecule has 0 amide bonds. The fourth-order valence-corrected chi connectivity index (χ4v) is 2.53. The lowest BCUT2D eigenvalue weighted by atomic mass is 10.0. The van der Waals surface area contributed by atoms with Crippen LogP contribution in [0, 0.1) is 4.77 Å². The van der Waals surface area contributed by atoms with Gasteiger partial charge in [-0.2, -0.15) is 16.9 Å². The molecule has 0 fully saturated rings. The zero-order chi connectivity index (χ0) is 10.6. The molecule has 0 spiro atoms. The second kappa shape index (κ2) is 4.98. The summed E-state index contributed by atoms with van der Waals surface area (Å²) in [5, 5.41) is 6.72. The Kier molecular flexibility index (Phi) is 4.19. The van der Waals surface area contributed by atoms with Crippen molar-refractivity contribution in [2.24, 2.45) is 0 Å². The minimum Gasteiger partial charge on any atom is -0.305 e. The van der Waals surface area contributed by atoms with Crippen LogP contribution in [0.1, 0.15) is 26.7 Å². The summed E-state index contributed by atoms with van der Waals surface area (Å²) >= 11 is 7.05. The molecule has 0 unspecified atom stereocenters. The van der Waals surface area contributed by atoms with Crippen molar-refractivity contribution in [1.29, 1.82) is 0 Å². The van der Waals surface area contributed by atoms with Crippen LogP contribution in [0.15, 0.2) is 6.33 Å². The van der Waals surface area contributed by atoms with Gasteiger partial charge in [-0.1, -0.05) is 13.8 Å². The number of thioether (sulfide) groups is 1. The van der Waals surface area contributed by atoms with Crippen LogP contribution in [0.5, 0.6) is 0 Å². The summed E-state index contributed by atoms with van der Waals surface area (Å²) < 4.78 is 3.02. The third kappa shape index (κ3) is 2.39. The molecule has 0 bridgehead atoms. The average molecular weight is 231 g/mol. The molecule has 0 radical (unpaired) electrons. The van der Waals surface area contributed by atoms with Crippen molar-refractivity contribution in [2.45, 2.75) is 38.0 Å². The van der Waals surface area contributed by atoms with Crippen LogP contribution in [-0.4, -0.2) is 25.8 Å². The second-order valence-corrected chi connectivity index (χ2v) is 5.04. The van der Waals surface area contributed by atoms with E-state index in [1.54, 1.807) is 6.33 Å². The van der Waals surface area contributed by atoms with Gasteiger partial charge < -0.3 is 4.57 Å². The van der Waals surface area contributed by atoms with Crippen molar-refractivity contribution in [1.82, 2.24) is 14.8 Å². The number of rotatable bonds is 5. The van der Waals surface area contributed by atoms with Crippen molar-refractivity contribution in [2.75, 3.05) is 6.26 Å². The largest absolute Gasteiger partial charge is 0.305 e. The van der Waals surface area contributed by atoms with E-state index in [9.17, 15) is 0 Å². The highest BCUT2D eigenvalue weighted by Gasteiger charge is 2.25. The molecule has 0 aliphatic heterocycles. The number of nitrogens with one attached hydrogen (secondary N) is 1. The third-order valence-corrected chi connectivity index (χ3v) is 4.70. The van der Waals surface area contributed by atoms with E-state index in [1.165, 1.54) is 0 Å². The van der Waals surface area contributed by atoms with Gasteiger partial charge in [0.25, 0.3) is 0 Å². The number of nitrogens with zero attached hydrogens (tertiary/aromatic N) is 2. The molecule has 0 aliphatic carbocycles. The van der Waals surface area contributed by atoms with E-state index in [1.807, 2.05) is 16.3 Å². The normalized spacial score (nSPS) is 11.9. The Balaban J connectivity index is 2.84. The molecule has 1 rings (SSSR count). The molecule has 1 aromatic rings. The highest BCUT2D eigenvalue weighted by atomic mass is 32.2. The fourth-order valence-electron chi connectivity index (χ4n) is 1.52. The highest BCUT2D eigenvalue weighted by Crippen LogP contribution is 2.32. The second-order valence-electron chi connectivity index (χ2n) is 3.38. The molecule has 5 heteroatoms. The maximum Gasteiger partial charge on any atom is 0.194 e. The molecule has 1 heterocycles. The Labute approximate surface area is 94.3 Å². The highest BCUT2D eigenvalue weighted by molar-refractivity contribution is 8.00. The van der Waals surface area contributed by atoms with Crippen LogP contribution in [0.2, 0.25) is 0 Å². The Morgan fingerprint density at radius 3 is 2.57 bits per heavy atom. The summed E-state index contributed by atoms with van der Waals surface area (Å²) in [6, 6.07) is 0. The Bertz CT molecular complexity index is 317. The van der Waals surface area contributed by atoms with E-state index < -0.39 is 0 Å². The Morgan fingerprint density at radius 2 is 2.21 bits per heavy atom. The molecule has 1 N–H and O–H groups in total. The lowest BCUT2D eigenvalue weighted by Crippen LogP contribution is -2.28. The van der Waals surface area contributed by atoms with Crippen LogP contribution < -0.4 is 0 Å². The third-order valence-electron chi connectivity index (χ3n) is 2.80. The molecule has 0 saturated heterocycles. The van der Waals surface area contributed by atoms with Gasteiger partial charge in [-0.3, -0.25) is 5.10 Å². The summed E-state index contributed by atoms with van der Waals surface area (Å²) in [5.41, 5.74) is 0. The predicted octanol–water partition coefficient (Wildman–Crippen LogP) is 2.86. The molecule has 3 nitrogen and oxygen atoms in total. The molecule has 1 aromatic heterocycles. The first-order valence-corrected chi connectivity index (χ1v) is 6.45. The van der Waals surface area contributed by atoms with Crippen LogP contribution in [0.3, 0.4) is 0 Å². The molecule has 80 valence electrons. The van der Waals surface area contributed by atoms with Gasteiger partial charge in [0, 0.05) is 11.3 Å². The standard InChI is InChI=1S/C9H17N3S2/c1-4-9(5-2,14-3)6-12-7-10-11-8(12)13/h7H,4-6H2,1-3H3,(H,11,13). The zero-order valence-corrected chi connectivity index (χ0v) is 10.5. The van der Waals surface area contributed by atoms with E-state index in [4.69, 9.17) is 12.2 Å². The van der Waals surface area contributed by atoms with Crippen LogP contribution in [0.25, 0.3) is 0 Å². The van der Waals surface area contributed by atoms with Crippen molar-refractivity contribution in [3.63, 3.8) is 0 Å². The Morgan fingerprint density at radius 1 is 1.57 bits per heavy atom. The quantitative estimate of drug-likeness (QED) is 0.791. The first-order valence-electron chi connectivity index (χ1n) is 4.82. The summed E-state index contributed by atoms with van der Waals surface area (Å²) in [5.74, 6) is 0. The Hall–Kier alpha value is -0.290. The number of hydrogen-bond donors (Lipinski definition) is 1. The first kappa shape index (κ1) is 11.8. The van der Waals surface area contributed by atoms with Gasteiger partial charge >= 0.3 is 0 Å². The molecule has 0 atom stereocenters. The molecule has 14 heavy (non-hydrogen) atoms. The van der Waals surface area contributed by atoms with Crippen LogP contribution in [-0.2, 0) is 6.54 Å². The van der Waals surface area contributed by atoms with E-state index in [0.717, 1.165) is 19.4 Å². The van der Waals surface area contributed by atoms with Gasteiger partial charge in [-0.25, -0.2) is 0 Å². The van der Waals surface area contributed by atoms with Crippen molar-refractivity contribution in [3.05, 3.63) is 11.1 Å². The monoisotopic (exact) mass is 231 g/mol. The van der Waals surface area contributed by atoms with Gasteiger partial charge in [-0.15, -0.1) is 0 Å². The summed E-state index contributed by atoms with van der Waals surface area (Å²) in [7, 11) is 0. The first-order chi connectivity index (χ1) is 6.67. The maximum absolute atomic E-state index is 5.13. The summed E-state index contributed by atoms with van der Waals surface area (Å²) in [6.45, 7) is 5.39. The van der Waals surface area contributed by atoms with E-state index >= 15 is 0 Å². The van der Waals surface area contributed by atoms with E-state index in [0.29, 0.717) is 9.52 Å². The SMILES string of the molecule is CCC(CC)(Cn1cn[nH]c1=S)SC. The summed E-state index contributed by atoms with van der Waals surface area (Å²) in [6.07, 6.45) is 6.24. The fraction of sp³-hybridized carbons (Fsp3) is 0.778. The zero-order valence-electron chi connectivity index (χ0n) is 8.91. The van der Waals surface area contributed by atoms with Gasteiger partial charge in [0.2, 0.25) is 0 Å². The van der Waals surface area contributed by atoms with Crippen LogP contribution in [0.4, 0.5) is 0 Å². The minimum absolute atomic E-state index is 0.294. The molecule has 0 aromatic carbocycles. The molecular weight excluding hydrogens is 214 g/mol. The van der Waals surface area contributed by atoms with Crippen molar-refractivity contribution < 1.29 is 0 Å². The van der Waals surface area contributed by atoms with Gasteiger partial charge in [0.15, 0.2) is 4.77 Å². The number of hydrogen-bond acceptors (Lipinski definition) is 3. The van der Waals surface area contributed by atoms with Crippen molar-refractivity contribution >= 4 is 24.0 Å². The number of aromatic nitrogens is 3. The number of aromatic amines is 1. The van der Waals surface area contributed by atoms with Gasteiger partial charge in [-0.05, 0) is 31.3 Å². The lowest BCUT2D eigenvalue weighted by Gasteiger charge is -2.29. The van der Waals surface area contributed by atoms with E-state index in [2.05, 4.69) is 30.3 Å². The molecule has 0 saturated carbocycles. The van der Waals surface area contributed by atoms with Crippen LogP contribution >= 0.6 is 24.0 Å². The summed E-state index contributed by atoms with van der Waals surface area (Å²) in [4.78, 5) is 0. The maximum atomic E-state index is 5.13. The van der Waals surface area contributed by atoms with E-state index in [-0.39, 0.29) is 0 Å². The van der Waals surface area contributed by atoms with Gasteiger partial charge in [0.1, 0.15) is 6.33 Å². The predicted molar refractivity (Wildman–Crippen MR) is 64.2 cm³/mol. The van der Waals surface area contributed by atoms with Gasteiger partial charge in [0.05, 0.1) is 0 Å². The number of H-pyrrole nitrogens is 1. The van der Waals surface area contributed by atoms with Crippen molar-refractivity contribution in [3.8, 4) is 0 Å². The molecule has 0 aliphatic rings. The minimum atomic E-state index is 0.294. The smallest absolute Gasteiger partial charge is 0.194 e. The topological polar surface area (TPSA) is 33.6 Å². The average Bonchev–Trinajstić information content (AvgIpc) is 2.61. The molecular formula is C9H17N3S2.